The maximum Gasteiger partial charge on any atom is 0.374 e. The maximum absolute atomic E-state index is 11.4. The number of esters is 1. The second kappa shape index (κ2) is 2.41. The van der Waals surface area contributed by atoms with Gasteiger partial charge in [-0.1, -0.05) is 12.2 Å². The predicted molar refractivity (Wildman–Crippen MR) is 49.3 cm³/mol. The lowest BCUT2D eigenvalue weighted by atomic mass is 9.88. The lowest BCUT2D eigenvalue weighted by Crippen LogP contribution is -2.32. The van der Waals surface area contributed by atoms with Crippen molar-refractivity contribution < 1.29 is 14.3 Å². The number of ether oxygens (including phenoxy) is 2. The predicted octanol–water partition coefficient (Wildman–Crippen LogP) is 1.41. The first-order valence-electron chi connectivity index (χ1n) is 4.92. The Morgan fingerprint density at radius 1 is 1.57 bits per heavy atom. The fourth-order valence-electron chi connectivity index (χ4n) is 2.81. The minimum atomic E-state index is -0.373. The number of fused-ring (bicyclic) bond motifs is 3. The summed E-state index contributed by atoms with van der Waals surface area (Å²) in [6, 6.07) is 0. The van der Waals surface area contributed by atoms with Gasteiger partial charge >= 0.3 is 5.97 Å². The highest BCUT2D eigenvalue weighted by molar-refractivity contribution is 5.89. The van der Waals surface area contributed by atoms with Crippen LogP contribution in [0.15, 0.2) is 24.0 Å². The fourth-order valence-corrected chi connectivity index (χ4v) is 2.81. The molecular formula is C11H12O3. The van der Waals surface area contributed by atoms with Gasteiger partial charge in [0.15, 0.2) is 0 Å². The monoisotopic (exact) mass is 192 g/mol. The molecule has 1 aliphatic heterocycles. The van der Waals surface area contributed by atoms with E-state index in [9.17, 15) is 4.79 Å². The van der Waals surface area contributed by atoms with Crippen molar-refractivity contribution >= 4 is 5.97 Å². The second-order valence-electron chi connectivity index (χ2n) is 4.25. The topological polar surface area (TPSA) is 35.5 Å². The van der Waals surface area contributed by atoms with Crippen molar-refractivity contribution in [3.05, 3.63) is 24.0 Å². The van der Waals surface area contributed by atoms with Gasteiger partial charge < -0.3 is 9.47 Å². The van der Waals surface area contributed by atoms with Crippen molar-refractivity contribution in [2.75, 3.05) is 7.11 Å². The van der Waals surface area contributed by atoms with E-state index in [1.165, 1.54) is 7.11 Å². The third-order valence-electron chi connectivity index (χ3n) is 3.46. The molecule has 3 rings (SSSR count). The van der Waals surface area contributed by atoms with Crippen molar-refractivity contribution in [2.45, 2.75) is 18.4 Å². The number of hydrogen-bond acceptors (Lipinski definition) is 3. The Labute approximate surface area is 82.4 Å². The van der Waals surface area contributed by atoms with Gasteiger partial charge in [-0.15, -0.1) is 0 Å². The zero-order valence-electron chi connectivity index (χ0n) is 8.03. The number of carbonyl (C=O) groups is 1. The third-order valence-corrected chi connectivity index (χ3v) is 3.46. The van der Waals surface area contributed by atoms with E-state index in [0.29, 0.717) is 17.6 Å². The molecule has 1 fully saturated rings. The van der Waals surface area contributed by atoms with Gasteiger partial charge in [-0.2, -0.15) is 0 Å². The standard InChI is InChI=1S/C11H12O3/c1-13-9-6-11(14-10(9)12)5-7-2-3-8(11)4-7/h2-3,6-8H,4-5H2,1H3/t7-,8+,11+/m1/s1. The zero-order valence-corrected chi connectivity index (χ0v) is 8.03. The van der Waals surface area contributed by atoms with Crippen molar-refractivity contribution in [1.29, 1.82) is 0 Å². The van der Waals surface area contributed by atoms with Crippen LogP contribution >= 0.6 is 0 Å². The summed E-state index contributed by atoms with van der Waals surface area (Å²) in [6.07, 6.45) is 8.29. The molecule has 0 aromatic rings. The molecular weight excluding hydrogens is 180 g/mol. The summed E-state index contributed by atoms with van der Waals surface area (Å²) >= 11 is 0. The lowest BCUT2D eigenvalue weighted by Gasteiger charge is -2.27. The fraction of sp³-hybridized carbons (Fsp3) is 0.545. The molecule has 3 nitrogen and oxygen atoms in total. The summed E-state index contributed by atoms with van der Waals surface area (Å²) in [6.45, 7) is 0. The summed E-state index contributed by atoms with van der Waals surface area (Å²) < 4.78 is 10.4. The van der Waals surface area contributed by atoms with Crippen LogP contribution in [0.5, 0.6) is 0 Å². The Kier molecular flexibility index (Phi) is 1.39. The van der Waals surface area contributed by atoms with Crippen molar-refractivity contribution in [1.82, 2.24) is 0 Å². The molecule has 0 unspecified atom stereocenters. The molecule has 3 atom stereocenters. The molecule has 0 aromatic carbocycles. The van der Waals surface area contributed by atoms with E-state index in [0.717, 1.165) is 12.8 Å². The van der Waals surface area contributed by atoms with Crippen molar-refractivity contribution in [3.63, 3.8) is 0 Å². The molecule has 1 heterocycles. The maximum atomic E-state index is 11.4. The van der Waals surface area contributed by atoms with E-state index in [2.05, 4.69) is 12.2 Å². The molecule has 0 radical (unpaired) electrons. The second-order valence-corrected chi connectivity index (χ2v) is 4.25. The first-order valence-corrected chi connectivity index (χ1v) is 4.92. The van der Waals surface area contributed by atoms with Gasteiger partial charge in [0.05, 0.1) is 7.11 Å². The molecule has 3 heteroatoms. The van der Waals surface area contributed by atoms with Crippen LogP contribution in [-0.2, 0) is 14.3 Å². The summed E-state index contributed by atoms with van der Waals surface area (Å²) in [5.41, 5.74) is -0.373. The highest BCUT2D eigenvalue weighted by atomic mass is 16.6. The SMILES string of the molecule is COC1=C[C@]2(C[C@@H]3C=C[C@H]2C3)OC1=O. The van der Waals surface area contributed by atoms with Gasteiger partial charge in [-0.05, 0) is 18.8 Å². The molecule has 1 saturated carbocycles. The average Bonchev–Trinajstić information content (AvgIpc) is 2.80. The largest absolute Gasteiger partial charge is 0.490 e. The van der Waals surface area contributed by atoms with Gasteiger partial charge in [-0.25, -0.2) is 4.79 Å². The first kappa shape index (κ1) is 8.09. The molecule has 14 heavy (non-hydrogen) atoms. The number of carbonyl (C=O) groups excluding carboxylic acids is 1. The van der Waals surface area contributed by atoms with Crippen LogP contribution in [0.2, 0.25) is 0 Å². The van der Waals surface area contributed by atoms with E-state index >= 15 is 0 Å². The number of hydrogen-bond donors (Lipinski definition) is 0. The summed E-state index contributed by atoms with van der Waals surface area (Å²) in [4.78, 5) is 11.4. The Morgan fingerprint density at radius 3 is 2.93 bits per heavy atom. The number of methoxy groups -OCH3 is 1. The van der Waals surface area contributed by atoms with Crippen LogP contribution in [0, 0.1) is 11.8 Å². The summed E-state index contributed by atoms with van der Waals surface area (Å²) in [5, 5.41) is 0. The lowest BCUT2D eigenvalue weighted by molar-refractivity contribution is -0.150. The zero-order chi connectivity index (χ0) is 9.76. The van der Waals surface area contributed by atoms with E-state index < -0.39 is 0 Å². The minimum Gasteiger partial charge on any atom is -0.490 e. The Bertz CT molecular complexity index is 356. The van der Waals surface area contributed by atoms with Crippen LogP contribution in [0.3, 0.4) is 0 Å². The molecule has 74 valence electrons. The minimum absolute atomic E-state index is 0.312. The molecule has 0 aromatic heterocycles. The first-order chi connectivity index (χ1) is 6.73. The van der Waals surface area contributed by atoms with Crippen LogP contribution in [0.25, 0.3) is 0 Å². The van der Waals surface area contributed by atoms with Crippen LogP contribution in [-0.4, -0.2) is 18.7 Å². The van der Waals surface area contributed by atoms with Crippen molar-refractivity contribution in [3.8, 4) is 0 Å². The molecule has 2 bridgehead atoms. The molecule has 0 amide bonds. The van der Waals surface area contributed by atoms with Gasteiger partial charge in [0.25, 0.3) is 0 Å². The highest BCUT2D eigenvalue weighted by Crippen LogP contribution is 2.51. The normalized spacial score (nSPS) is 43.2. The van der Waals surface area contributed by atoms with Gasteiger partial charge in [-0.3, -0.25) is 0 Å². The Hall–Kier alpha value is -1.25. The van der Waals surface area contributed by atoms with Gasteiger partial charge in [0.2, 0.25) is 5.76 Å². The molecule has 3 aliphatic rings. The third kappa shape index (κ3) is 0.846. The molecule has 1 spiro atoms. The smallest absolute Gasteiger partial charge is 0.374 e. The van der Waals surface area contributed by atoms with Gasteiger partial charge in [0.1, 0.15) is 5.60 Å². The van der Waals surface area contributed by atoms with Crippen LogP contribution in [0.1, 0.15) is 12.8 Å². The Balaban J connectivity index is 1.98. The number of rotatable bonds is 1. The highest BCUT2D eigenvalue weighted by Gasteiger charge is 2.54. The van der Waals surface area contributed by atoms with Crippen LogP contribution in [0.4, 0.5) is 0 Å². The average molecular weight is 192 g/mol. The summed E-state index contributed by atoms with van der Waals surface area (Å²) in [5.74, 6) is 1.00. The molecule has 0 saturated heterocycles. The van der Waals surface area contributed by atoms with Crippen molar-refractivity contribution in [2.24, 2.45) is 11.8 Å². The van der Waals surface area contributed by atoms with Crippen LogP contribution < -0.4 is 0 Å². The molecule has 0 N–H and O–H groups in total. The van der Waals surface area contributed by atoms with E-state index in [-0.39, 0.29) is 11.6 Å². The summed E-state index contributed by atoms with van der Waals surface area (Å²) in [7, 11) is 1.51. The quantitative estimate of drug-likeness (QED) is 0.465. The van der Waals surface area contributed by atoms with E-state index in [1.54, 1.807) is 0 Å². The van der Waals surface area contributed by atoms with Gasteiger partial charge in [0, 0.05) is 12.0 Å². The number of allylic oxidation sites excluding steroid dienone is 1. The molecule has 2 aliphatic carbocycles. The Morgan fingerprint density at radius 2 is 2.43 bits per heavy atom. The van der Waals surface area contributed by atoms with E-state index in [4.69, 9.17) is 9.47 Å². The van der Waals surface area contributed by atoms with E-state index in [1.807, 2.05) is 6.08 Å².